The summed E-state index contributed by atoms with van der Waals surface area (Å²) in [6.45, 7) is 2.99. The zero-order valence-electron chi connectivity index (χ0n) is 10.3. The van der Waals surface area contributed by atoms with Crippen LogP contribution in [0.3, 0.4) is 0 Å². The molecule has 92 valence electrons. The first-order chi connectivity index (χ1) is 7.72. The predicted octanol–water partition coefficient (Wildman–Crippen LogP) is 1.90. The highest BCUT2D eigenvalue weighted by Gasteiger charge is 2.35. The molecule has 0 aromatic rings. The van der Waals surface area contributed by atoms with Gasteiger partial charge in [-0.2, -0.15) is 0 Å². The van der Waals surface area contributed by atoms with Crippen LogP contribution in [0.15, 0.2) is 0 Å². The van der Waals surface area contributed by atoms with E-state index in [0.717, 1.165) is 18.9 Å². The van der Waals surface area contributed by atoms with Crippen LogP contribution in [-0.4, -0.2) is 29.4 Å². The van der Waals surface area contributed by atoms with Crippen molar-refractivity contribution in [3.63, 3.8) is 0 Å². The molecule has 2 fully saturated rings. The van der Waals surface area contributed by atoms with Crippen molar-refractivity contribution < 1.29 is 4.79 Å². The fourth-order valence-electron chi connectivity index (χ4n) is 3.41. The largest absolute Gasteiger partial charge is 0.338 e. The highest BCUT2D eigenvalue weighted by atomic mass is 16.2. The zero-order chi connectivity index (χ0) is 11.5. The van der Waals surface area contributed by atoms with Crippen molar-refractivity contribution >= 4 is 5.91 Å². The van der Waals surface area contributed by atoms with E-state index >= 15 is 0 Å². The molecule has 0 bridgehead atoms. The maximum Gasteiger partial charge on any atom is 0.224 e. The normalized spacial score (nSPS) is 29.8. The third-order valence-electron chi connectivity index (χ3n) is 4.20. The smallest absolute Gasteiger partial charge is 0.224 e. The Labute approximate surface area is 98.4 Å². The highest BCUT2D eigenvalue weighted by Crippen LogP contribution is 2.32. The van der Waals surface area contributed by atoms with Gasteiger partial charge in [0, 0.05) is 25.0 Å². The SMILES string of the molecule is CCC(C1CCCCC1)N1CC(N)CC1=O. The second-order valence-corrected chi connectivity index (χ2v) is 5.38. The lowest BCUT2D eigenvalue weighted by Crippen LogP contribution is -2.42. The van der Waals surface area contributed by atoms with Crippen LogP contribution in [0, 0.1) is 5.92 Å². The Bertz CT molecular complexity index is 248. The van der Waals surface area contributed by atoms with Crippen molar-refractivity contribution in [3.05, 3.63) is 0 Å². The molecule has 2 N–H and O–H groups in total. The first-order valence-corrected chi connectivity index (χ1v) is 6.77. The van der Waals surface area contributed by atoms with Gasteiger partial charge in [-0.15, -0.1) is 0 Å². The number of rotatable bonds is 3. The van der Waals surface area contributed by atoms with E-state index in [-0.39, 0.29) is 11.9 Å². The lowest BCUT2D eigenvalue weighted by Gasteiger charge is -2.36. The summed E-state index contributed by atoms with van der Waals surface area (Å²) in [5, 5.41) is 0. The lowest BCUT2D eigenvalue weighted by molar-refractivity contribution is -0.131. The van der Waals surface area contributed by atoms with Crippen molar-refractivity contribution in [1.29, 1.82) is 0 Å². The van der Waals surface area contributed by atoms with Gasteiger partial charge < -0.3 is 10.6 Å². The molecule has 1 aliphatic heterocycles. The third-order valence-corrected chi connectivity index (χ3v) is 4.20. The van der Waals surface area contributed by atoms with Crippen LogP contribution < -0.4 is 5.73 Å². The second-order valence-electron chi connectivity index (χ2n) is 5.38. The average Bonchev–Trinajstić information content (AvgIpc) is 2.61. The van der Waals surface area contributed by atoms with E-state index in [2.05, 4.69) is 11.8 Å². The summed E-state index contributed by atoms with van der Waals surface area (Å²) in [6, 6.07) is 0.534. The molecular formula is C13H24N2O. The number of nitrogens with two attached hydrogens (primary N) is 1. The highest BCUT2D eigenvalue weighted by molar-refractivity contribution is 5.79. The van der Waals surface area contributed by atoms with Gasteiger partial charge in [0.05, 0.1) is 0 Å². The number of hydrogen-bond donors (Lipinski definition) is 1. The summed E-state index contributed by atoms with van der Waals surface area (Å²) < 4.78 is 0. The number of likely N-dealkylation sites (tertiary alicyclic amines) is 1. The van der Waals surface area contributed by atoms with Crippen molar-refractivity contribution in [3.8, 4) is 0 Å². The first-order valence-electron chi connectivity index (χ1n) is 6.77. The van der Waals surface area contributed by atoms with Gasteiger partial charge in [0.2, 0.25) is 5.91 Å². The molecule has 1 amide bonds. The topological polar surface area (TPSA) is 46.3 Å². The summed E-state index contributed by atoms with van der Waals surface area (Å²) >= 11 is 0. The molecule has 2 aliphatic rings. The molecule has 1 saturated carbocycles. The molecule has 16 heavy (non-hydrogen) atoms. The molecule has 0 aromatic heterocycles. The van der Waals surface area contributed by atoms with Crippen LogP contribution in [0.1, 0.15) is 51.9 Å². The maximum atomic E-state index is 11.9. The number of nitrogens with zero attached hydrogens (tertiary/aromatic N) is 1. The minimum absolute atomic E-state index is 0.0742. The lowest BCUT2D eigenvalue weighted by atomic mass is 9.82. The van der Waals surface area contributed by atoms with E-state index in [9.17, 15) is 4.79 Å². The van der Waals surface area contributed by atoms with Crippen LogP contribution in [0.5, 0.6) is 0 Å². The van der Waals surface area contributed by atoms with Crippen LogP contribution in [-0.2, 0) is 4.79 Å². The molecule has 1 saturated heterocycles. The van der Waals surface area contributed by atoms with Crippen molar-refractivity contribution in [2.75, 3.05) is 6.54 Å². The standard InChI is InChI=1S/C13H24N2O/c1-2-12(10-6-4-3-5-7-10)15-9-11(14)8-13(15)16/h10-12H,2-9,14H2,1H3. The Morgan fingerprint density at radius 2 is 2.06 bits per heavy atom. The number of hydrogen-bond acceptors (Lipinski definition) is 2. The molecule has 2 unspecified atom stereocenters. The Morgan fingerprint density at radius 3 is 2.56 bits per heavy atom. The first kappa shape index (κ1) is 11.9. The predicted molar refractivity (Wildman–Crippen MR) is 65.0 cm³/mol. The molecule has 2 rings (SSSR count). The zero-order valence-corrected chi connectivity index (χ0v) is 10.3. The molecule has 2 atom stereocenters. The van der Waals surface area contributed by atoms with Crippen molar-refractivity contribution in [2.45, 2.75) is 64.0 Å². The van der Waals surface area contributed by atoms with Gasteiger partial charge in [0.25, 0.3) is 0 Å². The molecule has 3 nitrogen and oxygen atoms in total. The van der Waals surface area contributed by atoms with Crippen LogP contribution >= 0.6 is 0 Å². The Kier molecular flexibility index (Phi) is 3.85. The summed E-state index contributed by atoms with van der Waals surface area (Å²) in [4.78, 5) is 13.9. The van der Waals surface area contributed by atoms with E-state index in [1.807, 2.05) is 0 Å². The third kappa shape index (κ3) is 2.40. The van der Waals surface area contributed by atoms with Gasteiger partial charge in [-0.25, -0.2) is 0 Å². The van der Waals surface area contributed by atoms with E-state index in [1.165, 1.54) is 32.1 Å². The summed E-state index contributed by atoms with van der Waals surface area (Å²) in [7, 11) is 0. The number of carbonyl (C=O) groups is 1. The quantitative estimate of drug-likeness (QED) is 0.796. The van der Waals surface area contributed by atoms with Crippen LogP contribution in [0.25, 0.3) is 0 Å². The van der Waals surface area contributed by atoms with Gasteiger partial charge in [0.1, 0.15) is 0 Å². The van der Waals surface area contributed by atoms with Gasteiger partial charge in [-0.05, 0) is 25.2 Å². The Balaban J connectivity index is 2.00. The van der Waals surface area contributed by atoms with Gasteiger partial charge in [0.15, 0.2) is 0 Å². The molecule has 0 aromatic carbocycles. The van der Waals surface area contributed by atoms with Gasteiger partial charge in [-0.1, -0.05) is 26.2 Å². The summed E-state index contributed by atoms with van der Waals surface area (Å²) in [5.41, 5.74) is 5.88. The van der Waals surface area contributed by atoms with E-state index in [1.54, 1.807) is 0 Å². The molecule has 0 radical (unpaired) electrons. The Morgan fingerprint density at radius 1 is 1.38 bits per heavy atom. The fourth-order valence-corrected chi connectivity index (χ4v) is 3.41. The van der Waals surface area contributed by atoms with E-state index in [4.69, 9.17) is 5.73 Å². The minimum Gasteiger partial charge on any atom is -0.338 e. The molecule has 0 spiro atoms. The molecular weight excluding hydrogens is 200 g/mol. The Hall–Kier alpha value is -0.570. The van der Waals surface area contributed by atoms with Crippen LogP contribution in [0.2, 0.25) is 0 Å². The summed E-state index contributed by atoms with van der Waals surface area (Å²) in [6.07, 6.45) is 8.31. The average molecular weight is 224 g/mol. The second kappa shape index (κ2) is 5.17. The monoisotopic (exact) mass is 224 g/mol. The molecule has 1 heterocycles. The maximum absolute atomic E-state index is 11.9. The number of amides is 1. The number of carbonyl (C=O) groups excluding carboxylic acids is 1. The summed E-state index contributed by atoms with van der Waals surface area (Å²) in [5.74, 6) is 1.01. The fraction of sp³-hybridized carbons (Fsp3) is 0.923. The van der Waals surface area contributed by atoms with Gasteiger partial charge in [-0.3, -0.25) is 4.79 Å². The molecule has 3 heteroatoms. The van der Waals surface area contributed by atoms with Crippen molar-refractivity contribution in [1.82, 2.24) is 4.90 Å². The van der Waals surface area contributed by atoms with E-state index < -0.39 is 0 Å². The van der Waals surface area contributed by atoms with E-state index in [0.29, 0.717) is 12.5 Å². The minimum atomic E-state index is 0.0742. The van der Waals surface area contributed by atoms with Crippen molar-refractivity contribution in [2.24, 2.45) is 11.7 Å². The van der Waals surface area contributed by atoms with Gasteiger partial charge >= 0.3 is 0 Å². The van der Waals surface area contributed by atoms with Crippen LogP contribution in [0.4, 0.5) is 0 Å². The molecule has 1 aliphatic carbocycles.